The number of sulfone groups is 2. The quantitative estimate of drug-likeness (QED) is 0.113. The van der Waals surface area contributed by atoms with E-state index < -0.39 is 41.3 Å². The molecule has 0 bridgehead atoms. The highest BCUT2D eigenvalue weighted by Gasteiger charge is 2.33. The molecule has 48 heavy (non-hydrogen) atoms. The first-order chi connectivity index (χ1) is 22.4. The van der Waals surface area contributed by atoms with Crippen LogP contribution >= 0.6 is 11.6 Å². The van der Waals surface area contributed by atoms with Crippen molar-refractivity contribution in [3.05, 3.63) is 129 Å². The molecule has 5 aromatic rings. The number of amides is 1. The largest absolute Gasteiger partial charge is 0.301 e. The van der Waals surface area contributed by atoms with E-state index >= 15 is 0 Å². The van der Waals surface area contributed by atoms with Gasteiger partial charge in [0.1, 0.15) is 0 Å². The molecule has 0 saturated heterocycles. The predicted octanol–water partition coefficient (Wildman–Crippen LogP) is 7.55. The third kappa shape index (κ3) is 6.69. The zero-order chi connectivity index (χ0) is 35.2. The standard InChI is InChI=1S/C35H32ClN3O7S2/c1-22(38(27-11-14-29(15-12-27)47(4,43)44)34(40)30-16-13-28(39(41)42)21-32(30)36)23-8-6-9-24(18-23)31-20-26(35(2,3)48(5,45)46)19-25-10-7-17-37-33(25)31/h6-22H,1-5H3. The lowest BCUT2D eigenvalue weighted by Gasteiger charge is -2.31. The van der Waals surface area contributed by atoms with Crippen LogP contribution in [0.3, 0.4) is 0 Å². The van der Waals surface area contributed by atoms with Gasteiger partial charge in [-0.15, -0.1) is 0 Å². The number of halogens is 1. The van der Waals surface area contributed by atoms with Gasteiger partial charge in [-0.25, -0.2) is 16.8 Å². The van der Waals surface area contributed by atoms with Crippen LogP contribution < -0.4 is 4.90 Å². The van der Waals surface area contributed by atoms with Crippen LogP contribution in [0.25, 0.3) is 22.0 Å². The lowest BCUT2D eigenvalue weighted by Crippen LogP contribution is -2.34. The predicted molar refractivity (Wildman–Crippen MR) is 188 cm³/mol. The van der Waals surface area contributed by atoms with Gasteiger partial charge in [0, 0.05) is 47.5 Å². The number of aromatic nitrogens is 1. The summed E-state index contributed by atoms with van der Waals surface area (Å²) >= 11 is 6.40. The van der Waals surface area contributed by atoms with Crippen LogP contribution in [0.5, 0.6) is 0 Å². The fourth-order valence-corrected chi connectivity index (χ4v) is 6.81. The van der Waals surface area contributed by atoms with Crippen LogP contribution in [-0.2, 0) is 24.4 Å². The second-order valence-corrected chi connectivity index (χ2v) is 17.0. The number of nitro benzene ring substituents is 1. The van der Waals surface area contributed by atoms with E-state index in [1.54, 1.807) is 33.0 Å². The summed E-state index contributed by atoms with van der Waals surface area (Å²) in [4.78, 5) is 31.0. The first-order valence-electron chi connectivity index (χ1n) is 14.7. The molecule has 4 aromatic carbocycles. The van der Waals surface area contributed by atoms with Crippen molar-refractivity contribution in [1.29, 1.82) is 0 Å². The second-order valence-electron chi connectivity index (χ2n) is 12.0. The third-order valence-corrected chi connectivity index (χ3v) is 12.1. The molecule has 13 heteroatoms. The van der Waals surface area contributed by atoms with Gasteiger partial charge in [0.15, 0.2) is 19.7 Å². The summed E-state index contributed by atoms with van der Waals surface area (Å²) in [5.74, 6) is -0.566. The number of anilines is 1. The molecule has 0 saturated carbocycles. The molecule has 248 valence electrons. The normalized spacial score (nSPS) is 12.9. The van der Waals surface area contributed by atoms with E-state index in [0.29, 0.717) is 27.9 Å². The van der Waals surface area contributed by atoms with Gasteiger partial charge in [0.2, 0.25) is 0 Å². The van der Waals surface area contributed by atoms with Crippen molar-refractivity contribution in [2.24, 2.45) is 0 Å². The summed E-state index contributed by atoms with van der Waals surface area (Å²) in [6, 6.07) is 23.5. The van der Waals surface area contributed by atoms with Crippen molar-refractivity contribution in [3.63, 3.8) is 0 Å². The smallest absolute Gasteiger partial charge is 0.270 e. The number of pyridine rings is 1. The number of rotatable bonds is 9. The maximum atomic E-state index is 14.2. The van der Waals surface area contributed by atoms with Crippen LogP contribution in [0.1, 0.15) is 48.3 Å². The van der Waals surface area contributed by atoms with Gasteiger partial charge in [-0.3, -0.25) is 19.9 Å². The Hall–Kier alpha value is -4.65. The van der Waals surface area contributed by atoms with Gasteiger partial charge in [0.25, 0.3) is 11.6 Å². The first-order valence-corrected chi connectivity index (χ1v) is 18.8. The summed E-state index contributed by atoms with van der Waals surface area (Å²) in [6.45, 7) is 5.11. The zero-order valence-corrected chi connectivity index (χ0v) is 29.1. The maximum Gasteiger partial charge on any atom is 0.270 e. The van der Waals surface area contributed by atoms with Crippen molar-refractivity contribution in [1.82, 2.24) is 4.98 Å². The molecule has 1 unspecified atom stereocenters. The summed E-state index contributed by atoms with van der Waals surface area (Å²) in [5, 5.41) is 12.0. The molecule has 10 nitrogen and oxygen atoms in total. The van der Waals surface area contributed by atoms with Crippen LogP contribution in [0, 0.1) is 10.1 Å². The molecule has 0 spiro atoms. The second kappa shape index (κ2) is 12.8. The van der Waals surface area contributed by atoms with Crippen molar-refractivity contribution >= 4 is 59.5 Å². The Morgan fingerprint density at radius 2 is 1.60 bits per heavy atom. The Labute approximate surface area is 284 Å². The van der Waals surface area contributed by atoms with E-state index in [4.69, 9.17) is 11.6 Å². The topological polar surface area (TPSA) is 145 Å². The molecular formula is C35H32ClN3O7S2. The van der Waals surface area contributed by atoms with Crippen molar-refractivity contribution < 1.29 is 26.6 Å². The van der Waals surface area contributed by atoms with Gasteiger partial charge < -0.3 is 4.90 Å². The van der Waals surface area contributed by atoms with Gasteiger partial charge in [-0.05, 0) is 92.1 Å². The highest BCUT2D eigenvalue weighted by molar-refractivity contribution is 7.91. The van der Waals surface area contributed by atoms with Crippen LogP contribution in [0.4, 0.5) is 11.4 Å². The Bertz CT molecular complexity index is 2310. The molecule has 0 radical (unpaired) electrons. The number of benzene rings is 4. The zero-order valence-electron chi connectivity index (χ0n) is 26.7. The fourth-order valence-electron chi connectivity index (χ4n) is 5.38. The van der Waals surface area contributed by atoms with Crippen LogP contribution in [0.2, 0.25) is 5.02 Å². The Kier molecular flexibility index (Phi) is 9.21. The molecular weight excluding hydrogens is 674 g/mol. The Morgan fingerprint density at radius 1 is 0.917 bits per heavy atom. The number of non-ortho nitro benzene ring substituents is 1. The number of nitrogens with zero attached hydrogens (tertiary/aromatic N) is 3. The first kappa shape index (κ1) is 34.7. The fraction of sp³-hybridized carbons (Fsp3) is 0.200. The molecule has 1 aromatic heterocycles. The van der Waals surface area contributed by atoms with Gasteiger partial charge in [-0.2, -0.15) is 0 Å². The van der Waals surface area contributed by atoms with Gasteiger partial charge >= 0.3 is 0 Å². The summed E-state index contributed by atoms with van der Waals surface area (Å²) in [5.41, 5.74) is 3.47. The Morgan fingerprint density at radius 3 is 2.21 bits per heavy atom. The molecule has 1 heterocycles. The molecule has 1 amide bonds. The number of carbonyl (C=O) groups is 1. The minimum absolute atomic E-state index is 0.0170. The highest BCUT2D eigenvalue weighted by Crippen LogP contribution is 2.38. The number of carbonyl (C=O) groups excluding carboxylic acids is 1. The SMILES string of the molecule is CC(c1cccc(-c2cc(C(C)(C)S(C)(=O)=O)cc3cccnc23)c1)N(C(=O)c1ccc([N+](=O)[O-])cc1Cl)c1ccc(S(C)(=O)=O)cc1. The summed E-state index contributed by atoms with van der Waals surface area (Å²) < 4.78 is 48.7. The lowest BCUT2D eigenvalue weighted by atomic mass is 9.92. The molecule has 0 aliphatic carbocycles. The van der Waals surface area contributed by atoms with Crippen molar-refractivity contribution in [3.8, 4) is 11.1 Å². The minimum atomic E-state index is -3.52. The molecule has 0 fully saturated rings. The van der Waals surface area contributed by atoms with E-state index in [1.807, 2.05) is 42.5 Å². The average Bonchev–Trinajstić information content (AvgIpc) is 3.03. The Balaban J connectivity index is 1.66. The van der Waals surface area contributed by atoms with Crippen LogP contribution in [-0.4, -0.2) is 45.2 Å². The molecule has 0 N–H and O–H groups in total. The number of nitro groups is 1. The number of fused-ring (bicyclic) bond motifs is 1. The number of hydrogen-bond acceptors (Lipinski definition) is 8. The summed E-state index contributed by atoms with van der Waals surface area (Å²) in [6.07, 6.45) is 3.95. The average molecular weight is 706 g/mol. The van der Waals surface area contributed by atoms with Crippen LogP contribution in [0.15, 0.2) is 102 Å². The third-order valence-electron chi connectivity index (χ3n) is 8.55. The molecule has 0 aliphatic rings. The van der Waals surface area contributed by atoms with Crippen molar-refractivity contribution in [2.75, 3.05) is 17.4 Å². The van der Waals surface area contributed by atoms with Gasteiger partial charge in [0.05, 0.1) is 36.7 Å². The lowest BCUT2D eigenvalue weighted by molar-refractivity contribution is -0.384. The monoisotopic (exact) mass is 705 g/mol. The minimum Gasteiger partial charge on any atom is -0.301 e. The van der Waals surface area contributed by atoms with Crippen molar-refractivity contribution in [2.45, 2.75) is 36.5 Å². The van der Waals surface area contributed by atoms with Gasteiger partial charge in [-0.1, -0.05) is 35.9 Å². The molecule has 1 atom stereocenters. The summed E-state index contributed by atoms with van der Waals surface area (Å²) in [7, 11) is -7.02. The van der Waals surface area contributed by atoms with E-state index in [-0.39, 0.29) is 21.2 Å². The van der Waals surface area contributed by atoms with E-state index in [1.165, 1.54) is 47.6 Å². The molecule has 0 aliphatic heterocycles. The van der Waals surface area contributed by atoms with E-state index in [0.717, 1.165) is 23.3 Å². The highest BCUT2D eigenvalue weighted by atomic mass is 35.5. The number of hydrogen-bond donors (Lipinski definition) is 0. The van der Waals surface area contributed by atoms with E-state index in [9.17, 15) is 31.7 Å². The molecule has 5 rings (SSSR count). The maximum absolute atomic E-state index is 14.2. The van der Waals surface area contributed by atoms with E-state index in [2.05, 4.69) is 4.98 Å².